The van der Waals surface area contributed by atoms with E-state index in [1.54, 1.807) is 121 Å². The number of aromatic amines is 2. The second-order valence-corrected chi connectivity index (χ2v) is 26.5. The van der Waals surface area contributed by atoms with Gasteiger partial charge in [0.25, 0.3) is 23.6 Å². The maximum Gasteiger partial charge on any atom is 0.322 e. The van der Waals surface area contributed by atoms with E-state index in [0.717, 1.165) is 0 Å². The number of carboxylic acids is 4. The summed E-state index contributed by atoms with van der Waals surface area (Å²) in [5, 5.41) is 57.7. The van der Waals surface area contributed by atoms with Gasteiger partial charge in [-0.05, 0) is 223 Å². The Labute approximate surface area is 642 Å². The van der Waals surface area contributed by atoms with Crippen molar-refractivity contribution >= 4 is 118 Å². The van der Waals surface area contributed by atoms with Crippen LogP contribution in [0.4, 0.5) is 0 Å². The monoisotopic (exact) mass is 1530 g/mol. The van der Waals surface area contributed by atoms with Gasteiger partial charge in [-0.3, -0.25) is 57.5 Å². The molecule has 32 heteroatoms. The molecule has 0 saturated carbocycles. The first kappa shape index (κ1) is 83.0. The highest BCUT2D eigenvalue weighted by Crippen LogP contribution is 2.39. The molecule has 7 aromatic rings. The molecule has 4 atom stereocenters. The lowest BCUT2D eigenvalue weighted by Gasteiger charge is -2.18. The predicted octanol–water partition coefficient (Wildman–Crippen LogP) is 5.04. The Bertz CT molecular complexity index is 4290. The minimum Gasteiger partial charge on any atom is -0.480 e. The molecule has 0 saturated heterocycles. The number of H-pyrrole nitrogens is 2. The van der Waals surface area contributed by atoms with Gasteiger partial charge in [-0.25, -0.2) is 9.97 Å². The van der Waals surface area contributed by atoms with Crippen molar-refractivity contribution in [3.8, 4) is 44.5 Å². The molecular formula is C80H90N16O16. The number of hydrogen-bond donors (Lipinski definition) is 18. The molecule has 0 aliphatic carbocycles. The highest BCUT2D eigenvalue weighted by atomic mass is 16.4. The SMILES string of the molecule is NCCCC[C@H](NC(=O)c1ccc(-c2c3nc(c(-c4ccc(C(=O)N[C@@H](CCCCN)C(=O)NCC(=O)O)cc4)c4ccc([nH]4)c(-c4ccc(C(=O)N[C@@H](CCCCN)C(=O)NCC(=O)O)cc4)c4nc(c(-c5ccc(C(=O)N[C@@H](CCCCN)C(=O)NCC(=O)O)cc5)c5ccc2[nH]5)C=C4)C=C3)cc1)C(=O)NCC(=O)O. The lowest BCUT2D eigenvalue weighted by molar-refractivity contribution is -0.138. The molecule has 0 unspecified atom stereocenters. The fourth-order valence-electron chi connectivity index (χ4n) is 12.7. The van der Waals surface area contributed by atoms with Crippen LogP contribution in [0, 0.1) is 0 Å². The van der Waals surface area contributed by atoms with Gasteiger partial charge in [-0.15, -0.1) is 0 Å². The van der Waals surface area contributed by atoms with Crippen LogP contribution in [0.1, 0.15) is 141 Å². The van der Waals surface area contributed by atoms with Gasteiger partial charge < -0.3 is 95.9 Å². The summed E-state index contributed by atoms with van der Waals surface area (Å²) in [5.74, 6) is -10.3. The summed E-state index contributed by atoms with van der Waals surface area (Å²) >= 11 is 0. The van der Waals surface area contributed by atoms with E-state index in [0.29, 0.717) is 167 Å². The summed E-state index contributed by atoms with van der Waals surface area (Å²) in [4.78, 5) is 173. The maximum absolute atomic E-state index is 14.1. The highest BCUT2D eigenvalue weighted by Gasteiger charge is 2.28. The van der Waals surface area contributed by atoms with Crippen LogP contribution in [-0.2, 0) is 38.4 Å². The van der Waals surface area contributed by atoms with E-state index >= 15 is 0 Å². The molecule has 2 aliphatic heterocycles. The second kappa shape index (κ2) is 40.4. The van der Waals surface area contributed by atoms with Crippen LogP contribution in [0.2, 0.25) is 0 Å². The quantitative estimate of drug-likeness (QED) is 0.0224. The minimum absolute atomic E-state index is 0.154. The Balaban J connectivity index is 1.25. The van der Waals surface area contributed by atoms with E-state index in [1.165, 1.54) is 0 Å². The molecule has 112 heavy (non-hydrogen) atoms. The number of benzene rings is 4. The first-order valence-electron chi connectivity index (χ1n) is 36.6. The fourth-order valence-corrected chi connectivity index (χ4v) is 12.7. The molecule has 8 bridgehead atoms. The van der Waals surface area contributed by atoms with Crippen molar-refractivity contribution < 1.29 is 78.0 Å². The number of nitrogens with one attached hydrogen (secondary N) is 10. The van der Waals surface area contributed by atoms with Gasteiger partial charge in [-0.1, -0.05) is 48.5 Å². The van der Waals surface area contributed by atoms with Crippen LogP contribution in [0.3, 0.4) is 0 Å². The molecule has 9 rings (SSSR count). The molecule has 0 radical (unpaired) electrons. The van der Waals surface area contributed by atoms with Gasteiger partial charge in [0.15, 0.2) is 0 Å². The number of carbonyl (C=O) groups excluding carboxylic acids is 8. The molecule has 0 spiro atoms. The molecule has 586 valence electrons. The first-order valence-corrected chi connectivity index (χ1v) is 36.6. The number of carboxylic acid groups (broad SMARTS) is 4. The van der Waals surface area contributed by atoms with E-state index in [-0.39, 0.29) is 47.9 Å². The van der Waals surface area contributed by atoms with Gasteiger partial charge in [0.05, 0.1) is 22.8 Å². The summed E-state index contributed by atoms with van der Waals surface area (Å²) in [5.41, 5.74) is 31.5. The van der Waals surface area contributed by atoms with Gasteiger partial charge in [0, 0.05) is 66.6 Å². The predicted molar refractivity (Wildman–Crippen MR) is 420 cm³/mol. The van der Waals surface area contributed by atoms with Gasteiger partial charge >= 0.3 is 23.9 Å². The number of unbranched alkanes of at least 4 members (excludes halogenated alkanes) is 4. The maximum atomic E-state index is 14.1. The number of nitrogens with zero attached hydrogens (tertiary/aromatic N) is 2. The number of rotatable bonds is 40. The Morgan fingerprint density at radius 1 is 0.295 bits per heavy atom. The Morgan fingerprint density at radius 3 is 0.670 bits per heavy atom. The number of aromatic nitrogens is 4. The molecule has 5 heterocycles. The third kappa shape index (κ3) is 22.6. The summed E-state index contributed by atoms with van der Waals surface area (Å²) in [7, 11) is 0. The first-order chi connectivity index (χ1) is 54.0. The molecule has 8 amide bonds. The Kier molecular flexibility index (Phi) is 30.0. The fraction of sp³-hybridized carbons (Fsp3) is 0.300. The van der Waals surface area contributed by atoms with Crippen molar-refractivity contribution in [3.05, 3.63) is 166 Å². The number of aliphatic carboxylic acids is 4. The standard InChI is InChI=1S/C80H90N16O16/c81-37-5-1-9-61(77(109)85-41-65(97)98)93-73(105)49-21-13-45(14-22-49)69-53-29-31-55(89-53)70(46-15-23-50(24-16-46)74(106)94-62(10-2-6-38-82)78(110)86-42-66(99)100)57-33-35-59(91-57)72(48-19-27-52(28-20-48)76(108)96-64(12-4-8-40-84)80(112)88-44-68(103)104)60-36-34-58(92-60)71(56-32-30-54(69)90-56)47-17-25-51(26-18-47)75(107)95-63(11-3-7-39-83)79(111)87-43-67(101)102/h13-36,61-64,89,92H,1-12,37-44,81-84H2,(H,85,109)(H,86,110)(H,87,111)(H,88,112)(H,93,105)(H,94,106)(H,95,107)(H,96,108)(H,97,98)(H,99,100)(H,101,102)(H,103,104)/t61-,62-,63-,64-/m0/s1. The van der Waals surface area contributed by atoms with Crippen LogP contribution < -0.4 is 65.5 Å². The van der Waals surface area contributed by atoms with E-state index in [4.69, 9.17) is 32.9 Å². The molecule has 2 aliphatic rings. The van der Waals surface area contributed by atoms with Crippen molar-refractivity contribution in [2.24, 2.45) is 22.9 Å². The average Bonchev–Trinajstić information content (AvgIpc) is 1.61. The van der Waals surface area contributed by atoms with Gasteiger partial charge in [0.1, 0.15) is 50.3 Å². The van der Waals surface area contributed by atoms with Crippen LogP contribution in [-0.4, -0.2) is 188 Å². The molecular weight excluding hydrogens is 1440 g/mol. The molecule has 22 N–H and O–H groups in total. The molecule has 0 fully saturated rings. The Morgan fingerprint density at radius 2 is 0.491 bits per heavy atom. The Hall–Kier alpha value is -13.0. The van der Waals surface area contributed by atoms with Gasteiger partial charge in [0.2, 0.25) is 23.6 Å². The minimum atomic E-state index is -1.27. The third-order valence-corrected chi connectivity index (χ3v) is 18.4. The van der Waals surface area contributed by atoms with Gasteiger partial charge in [-0.2, -0.15) is 0 Å². The van der Waals surface area contributed by atoms with E-state index < -0.39 is 121 Å². The second-order valence-electron chi connectivity index (χ2n) is 26.5. The number of hydrogen-bond acceptors (Lipinski definition) is 18. The molecule has 4 aromatic carbocycles. The topological polar surface area (TPSA) is 543 Å². The van der Waals surface area contributed by atoms with Crippen LogP contribution in [0.5, 0.6) is 0 Å². The zero-order valence-corrected chi connectivity index (χ0v) is 61.2. The van der Waals surface area contributed by atoms with Crippen molar-refractivity contribution in [2.75, 3.05) is 52.4 Å². The molecule has 32 nitrogen and oxygen atoms in total. The van der Waals surface area contributed by atoms with Crippen LogP contribution in [0.25, 0.3) is 90.9 Å². The number of carbonyl (C=O) groups is 12. The summed E-state index contributed by atoms with van der Waals surface area (Å²) in [6.45, 7) is -1.36. The third-order valence-electron chi connectivity index (χ3n) is 18.4. The summed E-state index contributed by atoms with van der Waals surface area (Å²) in [6, 6.07) is 29.1. The van der Waals surface area contributed by atoms with Crippen molar-refractivity contribution in [2.45, 2.75) is 101 Å². The zero-order chi connectivity index (χ0) is 80.4. The molecule has 3 aromatic heterocycles. The van der Waals surface area contributed by atoms with E-state index in [2.05, 4.69) is 52.5 Å². The normalized spacial score (nSPS) is 12.5. The van der Waals surface area contributed by atoms with E-state index in [9.17, 15) is 78.0 Å². The lowest BCUT2D eigenvalue weighted by atomic mass is 10.0. The lowest BCUT2D eigenvalue weighted by Crippen LogP contribution is -2.47. The van der Waals surface area contributed by atoms with Crippen LogP contribution >= 0.6 is 0 Å². The zero-order valence-electron chi connectivity index (χ0n) is 61.2. The highest BCUT2D eigenvalue weighted by molar-refractivity contribution is 6.05. The number of amides is 8. The van der Waals surface area contributed by atoms with Crippen molar-refractivity contribution in [1.29, 1.82) is 0 Å². The largest absolute Gasteiger partial charge is 0.480 e. The average molecular weight is 1530 g/mol. The summed E-state index contributed by atoms with van der Waals surface area (Å²) < 4.78 is 0. The summed E-state index contributed by atoms with van der Waals surface area (Å²) in [6.07, 6.45) is 11.9. The number of fused-ring (bicyclic) bond motifs is 8. The van der Waals surface area contributed by atoms with Crippen LogP contribution in [0.15, 0.2) is 121 Å². The number of nitrogens with two attached hydrogens (primary N) is 4. The van der Waals surface area contributed by atoms with Crippen molar-refractivity contribution in [3.63, 3.8) is 0 Å². The van der Waals surface area contributed by atoms with Crippen molar-refractivity contribution in [1.82, 2.24) is 62.5 Å². The van der Waals surface area contributed by atoms with E-state index in [1.807, 2.05) is 24.3 Å². The smallest absolute Gasteiger partial charge is 0.322 e.